The molecule has 0 saturated carbocycles. The smallest absolute Gasteiger partial charge is 0.145 e. The third-order valence-corrected chi connectivity index (χ3v) is 5.86. The van der Waals surface area contributed by atoms with Crippen LogP contribution in [0.3, 0.4) is 0 Å². The molecular formula is C28H21N5. The van der Waals surface area contributed by atoms with E-state index in [1.807, 2.05) is 79.7 Å². The number of benzene rings is 4. The van der Waals surface area contributed by atoms with E-state index in [2.05, 4.69) is 33.8 Å². The van der Waals surface area contributed by atoms with Crippen LogP contribution in [0.15, 0.2) is 97.1 Å². The molecule has 0 unspecified atom stereocenters. The average Bonchev–Trinajstić information content (AvgIpc) is 3.46. The van der Waals surface area contributed by atoms with E-state index in [0.29, 0.717) is 5.71 Å². The lowest BCUT2D eigenvalue weighted by Crippen LogP contribution is -2.00. The van der Waals surface area contributed by atoms with Gasteiger partial charge in [0.25, 0.3) is 0 Å². The lowest BCUT2D eigenvalue weighted by atomic mass is 10.0. The van der Waals surface area contributed by atoms with Gasteiger partial charge in [-0.2, -0.15) is 0 Å². The van der Waals surface area contributed by atoms with Gasteiger partial charge in [-0.3, -0.25) is 4.57 Å². The van der Waals surface area contributed by atoms with Crippen molar-refractivity contribution in [1.82, 2.24) is 19.5 Å². The molecule has 0 amide bonds. The summed E-state index contributed by atoms with van der Waals surface area (Å²) in [5.74, 6) is 1.62. The predicted molar refractivity (Wildman–Crippen MR) is 134 cm³/mol. The number of imidazole rings is 2. The van der Waals surface area contributed by atoms with Crippen molar-refractivity contribution in [3.8, 4) is 28.5 Å². The number of hydrogen-bond donors (Lipinski definition) is 2. The maximum atomic E-state index is 8.33. The Kier molecular flexibility index (Phi) is 4.40. The first-order chi connectivity index (χ1) is 16.2. The summed E-state index contributed by atoms with van der Waals surface area (Å²) < 4.78 is 2.18. The Hall–Kier alpha value is -4.51. The summed E-state index contributed by atoms with van der Waals surface area (Å²) in [7, 11) is 0. The Morgan fingerprint density at radius 3 is 2.24 bits per heavy atom. The number of nitrogens with one attached hydrogen (secondary N) is 2. The lowest BCUT2D eigenvalue weighted by molar-refractivity contribution is 1.10. The molecular weight excluding hydrogens is 406 g/mol. The van der Waals surface area contributed by atoms with Crippen molar-refractivity contribution in [1.29, 1.82) is 5.41 Å². The van der Waals surface area contributed by atoms with E-state index in [1.54, 1.807) is 0 Å². The zero-order chi connectivity index (χ0) is 22.4. The van der Waals surface area contributed by atoms with Crippen LogP contribution in [0.25, 0.3) is 50.5 Å². The molecule has 5 nitrogen and oxygen atoms in total. The molecule has 0 aliphatic carbocycles. The molecule has 0 radical (unpaired) electrons. The molecule has 0 spiro atoms. The minimum Gasteiger partial charge on any atom is -0.338 e. The fourth-order valence-electron chi connectivity index (χ4n) is 4.26. The molecule has 6 aromatic rings. The van der Waals surface area contributed by atoms with Crippen LogP contribution in [0, 0.1) is 5.41 Å². The molecule has 2 aromatic heterocycles. The fraction of sp³-hybridized carbons (Fsp3) is 0.0357. The van der Waals surface area contributed by atoms with Gasteiger partial charge in [0.15, 0.2) is 0 Å². The van der Waals surface area contributed by atoms with Gasteiger partial charge < -0.3 is 10.4 Å². The topological polar surface area (TPSA) is 70.3 Å². The minimum atomic E-state index is 0.497. The molecule has 158 valence electrons. The fourth-order valence-corrected chi connectivity index (χ4v) is 4.26. The van der Waals surface area contributed by atoms with Gasteiger partial charge in [0.1, 0.15) is 11.6 Å². The molecule has 6 rings (SSSR count). The highest BCUT2D eigenvalue weighted by atomic mass is 15.1. The molecule has 0 saturated heterocycles. The van der Waals surface area contributed by atoms with Gasteiger partial charge in [-0.25, -0.2) is 9.97 Å². The first-order valence-corrected chi connectivity index (χ1v) is 10.9. The Morgan fingerprint density at radius 1 is 0.758 bits per heavy atom. The Balaban J connectivity index is 1.62. The maximum Gasteiger partial charge on any atom is 0.145 e. The second kappa shape index (κ2) is 7.57. The van der Waals surface area contributed by atoms with Crippen LogP contribution in [-0.2, 0) is 0 Å². The van der Waals surface area contributed by atoms with Crippen molar-refractivity contribution >= 4 is 27.8 Å². The number of H-pyrrole nitrogens is 1. The monoisotopic (exact) mass is 427 g/mol. The molecule has 2 N–H and O–H groups in total. The van der Waals surface area contributed by atoms with Crippen molar-refractivity contribution < 1.29 is 0 Å². The Morgan fingerprint density at radius 2 is 1.45 bits per heavy atom. The van der Waals surface area contributed by atoms with Gasteiger partial charge in [-0.15, -0.1) is 0 Å². The van der Waals surface area contributed by atoms with Crippen LogP contribution in [0.1, 0.15) is 12.5 Å². The summed E-state index contributed by atoms with van der Waals surface area (Å²) in [6.45, 7) is 1.81. The van der Waals surface area contributed by atoms with Crippen molar-refractivity contribution in [2.24, 2.45) is 0 Å². The standard InChI is InChI=1S/C28H21N5/c1-18(29)19-15-20(27-30-23-11-5-6-12-24(23)31-27)17-21(16-19)28-32-25-13-7-8-14-26(25)33(28)22-9-3-2-4-10-22/h2-17,29H,1H3,(H,30,31). The molecule has 0 atom stereocenters. The second-order valence-corrected chi connectivity index (χ2v) is 8.12. The summed E-state index contributed by atoms with van der Waals surface area (Å²) >= 11 is 0. The second-order valence-electron chi connectivity index (χ2n) is 8.12. The third-order valence-electron chi connectivity index (χ3n) is 5.86. The molecule has 0 fully saturated rings. The van der Waals surface area contributed by atoms with Crippen LogP contribution in [0.4, 0.5) is 0 Å². The van der Waals surface area contributed by atoms with Gasteiger partial charge in [0.05, 0.1) is 22.1 Å². The average molecular weight is 428 g/mol. The van der Waals surface area contributed by atoms with Crippen molar-refractivity contribution in [2.45, 2.75) is 6.92 Å². The van der Waals surface area contributed by atoms with Crippen LogP contribution < -0.4 is 0 Å². The molecule has 4 aromatic carbocycles. The third kappa shape index (κ3) is 3.31. The van der Waals surface area contributed by atoms with E-state index in [9.17, 15) is 0 Å². The first kappa shape index (κ1) is 19.2. The SMILES string of the molecule is CC(=N)c1cc(-c2nc3ccccc3[nH]2)cc(-c2nc3ccccc3n2-c2ccccc2)c1. The summed E-state index contributed by atoms with van der Waals surface area (Å²) in [4.78, 5) is 13.2. The number of nitrogens with zero attached hydrogens (tertiary/aromatic N) is 3. The van der Waals surface area contributed by atoms with E-state index in [4.69, 9.17) is 15.4 Å². The van der Waals surface area contributed by atoms with Crippen molar-refractivity contribution in [3.05, 3.63) is 103 Å². The quantitative estimate of drug-likeness (QED) is 0.310. The Bertz CT molecular complexity index is 1610. The van der Waals surface area contributed by atoms with Gasteiger partial charge in [-0.1, -0.05) is 42.5 Å². The van der Waals surface area contributed by atoms with E-state index in [1.165, 1.54) is 0 Å². The number of fused-ring (bicyclic) bond motifs is 2. The molecule has 0 aliphatic heterocycles. The Labute approximate surface area is 190 Å². The molecule has 2 heterocycles. The van der Waals surface area contributed by atoms with Gasteiger partial charge in [-0.05, 0) is 67.1 Å². The number of hydrogen-bond acceptors (Lipinski definition) is 3. The van der Waals surface area contributed by atoms with Crippen molar-refractivity contribution in [2.75, 3.05) is 0 Å². The highest BCUT2D eigenvalue weighted by Gasteiger charge is 2.17. The normalized spacial score (nSPS) is 11.3. The van der Waals surface area contributed by atoms with Gasteiger partial charge in [0.2, 0.25) is 0 Å². The van der Waals surface area contributed by atoms with Gasteiger partial charge in [0, 0.05) is 22.5 Å². The zero-order valence-corrected chi connectivity index (χ0v) is 18.1. The molecule has 5 heteroatoms. The number of rotatable bonds is 4. The zero-order valence-electron chi connectivity index (χ0n) is 18.1. The van der Waals surface area contributed by atoms with E-state index in [-0.39, 0.29) is 0 Å². The summed E-state index contributed by atoms with van der Waals surface area (Å²) in [6.07, 6.45) is 0. The van der Waals surface area contributed by atoms with Crippen molar-refractivity contribution in [3.63, 3.8) is 0 Å². The summed E-state index contributed by atoms with van der Waals surface area (Å²) in [5, 5.41) is 8.33. The number of aromatic amines is 1. The van der Waals surface area contributed by atoms with Crippen LogP contribution >= 0.6 is 0 Å². The maximum absolute atomic E-state index is 8.33. The largest absolute Gasteiger partial charge is 0.338 e. The van der Waals surface area contributed by atoms with Crippen LogP contribution in [-0.4, -0.2) is 25.2 Å². The first-order valence-electron chi connectivity index (χ1n) is 10.9. The number of para-hydroxylation sites is 5. The highest BCUT2D eigenvalue weighted by molar-refractivity contribution is 5.99. The van der Waals surface area contributed by atoms with E-state index >= 15 is 0 Å². The summed E-state index contributed by atoms with van der Waals surface area (Å²) in [5.41, 5.74) is 8.13. The highest BCUT2D eigenvalue weighted by Crippen LogP contribution is 2.32. The van der Waals surface area contributed by atoms with E-state index in [0.717, 1.165) is 56.1 Å². The van der Waals surface area contributed by atoms with E-state index < -0.39 is 0 Å². The predicted octanol–water partition coefficient (Wildman–Crippen LogP) is 6.62. The molecule has 0 aliphatic rings. The molecule has 33 heavy (non-hydrogen) atoms. The summed E-state index contributed by atoms with van der Waals surface area (Å²) in [6, 6.07) is 32.6. The molecule has 0 bridgehead atoms. The van der Waals surface area contributed by atoms with Crippen LogP contribution in [0.2, 0.25) is 0 Å². The van der Waals surface area contributed by atoms with Gasteiger partial charge >= 0.3 is 0 Å². The minimum absolute atomic E-state index is 0.497. The van der Waals surface area contributed by atoms with Crippen LogP contribution in [0.5, 0.6) is 0 Å². The lowest BCUT2D eigenvalue weighted by Gasteiger charge is -2.12. The number of aromatic nitrogens is 4.